The lowest BCUT2D eigenvalue weighted by Crippen LogP contribution is -2.57. The lowest BCUT2D eigenvalue weighted by molar-refractivity contribution is -0.0660. The van der Waals surface area contributed by atoms with Crippen molar-refractivity contribution in [2.75, 3.05) is 6.61 Å². The molecule has 1 rings (SSSR count). The minimum absolute atomic E-state index is 0.0406. The maximum absolute atomic E-state index is 8.90. The Bertz CT molecular complexity index is 134. The Kier molecular flexibility index (Phi) is 2.93. The number of hydrogen-bond acceptors (Lipinski definition) is 3. The molecule has 0 amide bonds. The van der Waals surface area contributed by atoms with Gasteiger partial charge in [0, 0.05) is 18.1 Å². The number of nitrogens with one attached hydrogen (secondary N) is 1. The summed E-state index contributed by atoms with van der Waals surface area (Å²) in [7, 11) is 2.02. The molecule has 1 heterocycles. The summed E-state index contributed by atoms with van der Waals surface area (Å²) in [6.07, 6.45) is -0.0406. The third kappa shape index (κ3) is 1.95. The van der Waals surface area contributed by atoms with Gasteiger partial charge in [0.25, 0.3) is 0 Å². The van der Waals surface area contributed by atoms with Gasteiger partial charge in [-0.25, -0.2) is 0 Å². The fraction of sp³-hybridized carbons (Fsp3) is 1.00. The fourth-order valence-electron chi connectivity index (χ4n) is 1.37. The van der Waals surface area contributed by atoms with Crippen molar-refractivity contribution >= 4 is 7.85 Å². The van der Waals surface area contributed by atoms with Crippen LogP contribution in [0, 0.1) is 0 Å². The topological polar surface area (TPSA) is 41.5 Å². The lowest BCUT2D eigenvalue weighted by atomic mass is 9.90. The largest absolute Gasteiger partial charge is 0.394 e. The van der Waals surface area contributed by atoms with Gasteiger partial charge in [-0.1, -0.05) is 0 Å². The van der Waals surface area contributed by atoms with Crippen molar-refractivity contribution in [1.29, 1.82) is 0 Å². The van der Waals surface area contributed by atoms with Gasteiger partial charge in [0.05, 0.1) is 12.7 Å². The Balaban J connectivity index is 2.48. The molecular formula is C7H16BNO2. The molecule has 4 atom stereocenters. The van der Waals surface area contributed by atoms with Crippen molar-refractivity contribution in [3.63, 3.8) is 0 Å². The van der Waals surface area contributed by atoms with E-state index in [1.54, 1.807) is 0 Å². The number of ether oxygens (including phenoxy) is 1. The Morgan fingerprint density at radius 1 is 1.45 bits per heavy atom. The first-order valence-corrected chi connectivity index (χ1v) is 4.17. The van der Waals surface area contributed by atoms with Gasteiger partial charge < -0.3 is 15.2 Å². The average Bonchev–Trinajstić information content (AvgIpc) is 1.97. The van der Waals surface area contributed by atoms with E-state index in [0.717, 1.165) is 0 Å². The molecule has 2 unspecified atom stereocenters. The molecule has 0 spiro atoms. The van der Waals surface area contributed by atoms with Crippen LogP contribution in [0.25, 0.3) is 0 Å². The Hall–Kier alpha value is -0.0551. The second-order valence-corrected chi connectivity index (χ2v) is 3.31. The molecule has 1 aliphatic heterocycles. The summed E-state index contributed by atoms with van der Waals surface area (Å²) in [5.41, 5.74) is 0. The smallest absolute Gasteiger partial charge is 0.141 e. The van der Waals surface area contributed by atoms with E-state index in [2.05, 4.69) is 12.2 Å². The normalized spacial score (nSPS) is 45.7. The van der Waals surface area contributed by atoms with E-state index in [4.69, 9.17) is 9.84 Å². The van der Waals surface area contributed by atoms with E-state index in [-0.39, 0.29) is 24.8 Å². The van der Waals surface area contributed by atoms with Crippen LogP contribution in [0.5, 0.6) is 0 Å². The average molecular weight is 157 g/mol. The second kappa shape index (κ2) is 3.56. The molecule has 4 heteroatoms. The van der Waals surface area contributed by atoms with E-state index in [1.165, 1.54) is 0 Å². The monoisotopic (exact) mass is 157 g/mol. The Morgan fingerprint density at radius 3 is 2.64 bits per heavy atom. The molecule has 2 N–H and O–H groups in total. The lowest BCUT2D eigenvalue weighted by Gasteiger charge is -2.38. The van der Waals surface area contributed by atoms with Gasteiger partial charge in [-0.15, -0.1) is 0 Å². The van der Waals surface area contributed by atoms with Gasteiger partial charge >= 0.3 is 0 Å². The summed E-state index contributed by atoms with van der Waals surface area (Å²) in [5, 5.41) is 12.2. The molecule has 0 aromatic carbocycles. The molecule has 0 aromatic heterocycles. The second-order valence-electron chi connectivity index (χ2n) is 3.31. The van der Waals surface area contributed by atoms with Gasteiger partial charge in [-0.05, 0) is 13.8 Å². The predicted molar refractivity (Wildman–Crippen MR) is 46.4 cm³/mol. The molecule has 0 aliphatic carbocycles. The molecule has 1 aliphatic rings. The van der Waals surface area contributed by atoms with E-state index >= 15 is 0 Å². The molecule has 0 aromatic rings. The fourth-order valence-corrected chi connectivity index (χ4v) is 1.37. The van der Waals surface area contributed by atoms with Crippen LogP contribution in [0.15, 0.2) is 0 Å². The standard InChI is InChI=1S/C7H16BNO2/c1-4-6(3-10)11-7(8)5(2)9-4/h4-7,9-10H,3,8H2,1-2H3/t4?,5?,6-,7-/m1/s1. The molecule has 3 nitrogen and oxygen atoms in total. The highest BCUT2D eigenvalue weighted by molar-refractivity contribution is 6.11. The van der Waals surface area contributed by atoms with Crippen LogP contribution in [0.3, 0.4) is 0 Å². The van der Waals surface area contributed by atoms with Gasteiger partial charge in [0.1, 0.15) is 7.85 Å². The summed E-state index contributed by atoms with van der Waals surface area (Å²) in [6, 6.07) is 0.836. The molecule has 11 heavy (non-hydrogen) atoms. The van der Waals surface area contributed by atoms with Crippen molar-refractivity contribution in [3.8, 4) is 0 Å². The first-order valence-electron chi connectivity index (χ1n) is 4.17. The van der Waals surface area contributed by atoms with Crippen molar-refractivity contribution < 1.29 is 9.84 Å². The van der Waals surface area contributed by atoms with Crippen LogP contribution in [-0.2, 0) is 4.74 Å². The summed E-state index contributed by atoms with van der Waals surface area (Å²) in [6.45, 7) is 4.23. The summed E-state index contributed by atoms with van der Waals surface area (Å²) in [4.78, 5) is 0. The molecule has 1 fully saturated rings. The zero-order valence-electron chi connectivity index (χ0n) is 7.37. The highest BCUT2D eigenvalue weighted by atomic mass is 16.5. The summed E-state index contributed by atoms with van der Waals surface area (Å²) in [5.74, 6) is 0. The van der Waals surface area contributed by atoms with Crippen LogP contribution in [0.2, 0.25) is 0 Å². The van der Waals surface area contributed by atoms with Crippen LogP contribution >= 0.6 is 0 Å². The zero-order valence-corrected chi connectivity index (χ0v) is 7.37. The van der Waals surface area contributed by atoms with Gasteiger partial charge in [-0.3, -0.25) is 0 Å². The number of aliphatic hydroxyl groups is 1. The van der Waals surface area contributed by atoms with E-state index in [0.29, 0.717) is 6.04 Å². The first-order chi connectivity index (χ1) is 5.15. The van der Waals surface area contributed by atoms with E-state index in [1.807, 2.05) is 14.8 Å². The summed E-state index contributed by atoms with van der Waals surface area (Å²) < 4.78 is 5.55. The predicted octanol–water partition coefficient (Wildman–Crippen LogP) is -1.30. The third-order valence-corrected chi connectivity index (χ3v) is 2.36. The van der Waals surface area contributed by atoms with Crippen LogP contribution in [0.4, 0.5) is 0 Å². The number of aliphatic hydroxyl groups excluding tert-OH is 1. The molecule has 1 saturated heterocycles. The minimum atomic E-state index is -0.0406. The van der Waals surface area contributed by atoms with Crippen molar-refractivity contribution in [3.05, 3.63) is 0 Å². The Morgan fingerprint density at radius 2 is 2.09 bits per heavy atom. The minimum Gasteiger partial charge on any atom is -0.394 e. The SMILES string of the molecule is B[C@@H]1O[C@H](CO)C(C)NC1C. The molecule has 0 saturated carbocycles. The quantitative estimate of drug-likeness (QED) is 0.465. The van der Waals surface area contributed by atoms with Gasteiger partial charge in [0.15, 0.2) is 0 Å². The summed E-state index contributed by atoms with van der Waals surface area (Å²) >= 11 is 0. The molecule has 0 bridgehead atoms. The highest BCUT2D eigenvalue weighted by Gasteiger charge is 2.29. The molecule has 64 valence electrons. The Labute approximate surface area is 68.5 Å². The van der Waals surface area contributed by atoms with Gasteiger partial charge in [0.2, 0.25) is 0 Å². The van der Waals surface area contributed by atoms with Crippen molar-refractivity contribution in [2.45, 2.75) is 38.0 Å². The third-order valence-electron chi connectivity index (χ3n) is 2.36. The van der Waals surface area contributed by atoms with Gasteiger partial charge in [-0.2, -0.15) is 0 Å². The van der Waals surface area contributed by atoms with Crippen LogP contribution < -0.4 is 5.32 Å². The maximum atomic E-state index is 8.90. The van der Waals surface area contributed by atoms with Crippen LogP contribution in [-0.4, -0.2) is 43.8 Å². The van der Waals surface area contributed by atoms with E-state index in [9.17, 15) is 0 Å². The number of hydrogen-bond donors (Lipinski definition) is 2. The van der Waals surface area contributed by atoms with E-state index < -0.39 is 0 Å². The first kappa shape index (κ1) is 9.04. The molecule has 0 radical (unpaired) electrons. The molecular weight excluding hydrogens is 141 g/mol. The van der Waals surface area contributed by atoms with Crippen molar-refractivity contribution in [1.82, 2.24) is 5.32 Å². The van der Waals surface area contributed by atoms with Crippen LogP contribution in [0.1, 0.15) is 13.8 Å². The maximum Gasteiger partial charge on any atom is 0.141 e. The van der Waals surface area contributed by atoms with Crippen molar-refractivity contribution in [2.24, 2.45) is 0 Å². The highest BCUT2D eigenvalue weighted by Crippen LogP contribution is 2.11. The zero-order chi connectivity index (χ0) is 8.43. The number of rotatable bonds is 1. The number of morpholine rings is 1.